The second kappa shape index (κ2) is 3.73. The van der Waals surface area contributed by atoms with Crippen LogP contribution in [0.15, 0.2) is 24.3 Å². The lowest BCUT2D eigenvalue weighted by molar-refractivity contribution is 0.469. The fraction of sp³-hybridized carbons (Fsp3) is 0.125. The molecule has 1 aromatic heterocycles. The van der Waals surface area contributed by atoms with Gasteiger partial charge in [-0.3, -0.25) is 0 Å². The maximum Gasteiger partial charge on any atom is 0.263 e. The number of rotatable bonds is 3. The Kier molecular flexibility index (Phi) is 2.26. The van der Waals surface area contributed by atoms with Crippen molar-refractivity contribution in [1.82, 2.24) is 20.6 Å². The molecule has 6 nitrogen and oxygen atoms in total. The van der Waals surface area contributed by atoms with Crippen molar-refractivity contribution in [3.8, 4) is 5.75 Å². The van der Waals surface area contributed by atoms with E-state index in [1.54, 1.807) is 12.1 Å². The smallest absolute Gasteiger partial charge is 0.263 e. The number of phenolic OH excluding ortho intramolecular Hbond substituents is 1. The molecule has 0 saturated carbocycles. The van der Waals surface area contributed by atoms with Crippen LogP contribution in [0.25, 0.3) is 0 Å². The number of aromatic nitrogens is 4. The third-order valence-electron chi connectivity index (χ3n) is 1.77. The zero-order valence-electron chi connectivity index (χ0n) is 7.31. The Hall–Kier alpha value is -2.11. The molecular weight excluding hydrogens is 182 g/mol. The normalized spacial score (nSPS) is 10.0. The zero-order valence-corrected chi connectivity index (χ0v) is 7.31. The summed E-state index contributed by atoms with van der Waals surface area (Å²) in [6.07, 6.45) is 0. The minimum atomic E-state index is 0.253. The largest absolute Gasteiger partial charge is 0.508 e. The van der Waals surface area contributed by atoms with Gasteiger partial charge in [0, 0.05) is 12.1 Å². The Bertz CT molecular complexity index is 400. The third kappa shape index (κ3) is 1.79. The first-order chi connectivity index (χ1) is 6.86. The molecule has 6 heteroatoms. The second-order valence-corrected chi connectivity index (χ2v) is 2.72. The number of H-pyrrole nitrogens is 1. The van der Waals surface area contributed by atoms with Crippen LogP contribution in [-0.4, -0.2) is 25.7 Å². The molecule has 2 aromatic rings. The lowest BCUT2D eigenvalue weighted by Gasteiger charge is -2.03. The van der Waals surface area contributed by atoms with E-state index < -0.39 is 0 Å². The van der Waals surface area contributed by atoms with Crippen LogP contribution in [0.3, 0.4) is 0 Å². The van der Waals surface area contributed by atoms with Crippen molar-refractivity contribution < 1.29 is 5.11 Å². The van der Waals surface area contributed by atoms with Crippen LogP contribution in [0.1, 0.15) is 5.56 Å². The summed E-state index contributed by atoms with van der Waals surface area (Å²) in [5.41, 5.74) is 0.789. The number of nitrogens with one attached hydrogen (secondary N) is 2. The number of para-hydroxylation sites is 1. The maximum absolute atomic E-state index is 9.43. The quantitative estimate of drug-likeness (QED) is 0.658. The molecule has 2 rings (SSSR count). The Labute approximate surface area is 80.0 Å². The van der Waals surface area contributed by atoms with E-state index in [-0.39, 0.29) is 5.75 Å². The van der Waals surface area contributed by atoms with Crippen LogP contribution in [0.2, 0.25) is 0 Å². The minimum absolute atomic E-state index is 0.253. The van der Waals surface area contributed by atoms with Gasteiger partial charge in [0.1, 0.15) is 5.75 Å². The monoisotopic (exact) mass is 191 g/mol. The number of phenols is 1. The van der Waals surface area contributed by atoms with Crippen LogP contribution in [0.5, 0.6) is 5.75 Å². The molecule has 0 radical (unpaired) electrons. The first-order valence-electron chi connectivity index (χ1n) is 4.10. The first-order valence-corrected chi connectivity index (χ1v) is 4.10. The lowest BCUT2D eigenvalue weighted by Crippen LogP contribution is -2.01. The van der Waals surface area contributed by atoms with Gasteiger partial charge in [-0.05, 0) is 11.3 Å². The summed E-state index contributed by atoms with van der Waals surface area (Å²) < 4.78 is 0. The first kappa shape index (κ1) is 8.49. The van der Waals surface area contributed by atoms with E-state index in [2.05, 4.69) is 25.9 Å². The number of aromatic amines is 1. The fourth-order valence-corrected chi connectivity index (χ4v) is 1.07. The summed E-state index contributed by atoms with van der Waals surface area (Å²) >= 11 is 0. The van der Waals surface area contributed by atoms with Gasteiger partial charge in [0.05, 0.1) is 0 Å². The molecular formula is C8H9N5O. The Balaban J connectivity index is 2.02. The van der Waals surface area contributed by atoms with Gasteiger partial charge >= 0.3 is 0 Å². The van der Waals surface area contributed by atoms with Crippen LogP contribution < -0.4 is 5.32 Å². The van der Waals surface area contributed by atoms with E-state index in [9.17, 15) is 5.11 Å². The van der Waals surface area contributed by atoms with E-state index in [1.807, 2.05) is 12.1 Å². The SMILES string of the molecule is Oc1ccccc1CNc1nn[nH]n1. The summed E-state index contributed by atoms with van der Waals surface area (Å²) in [6.45, 7) is 0.464. The van der Waals surface area contributed by atoms with Gasteiger partial charge in [0.15, 0.2) is 0 Å². The highest BCUT2D eigenvalue weighted by atomic mass is 16.3. The van der Waals surface area contributed by atoms with Gasteiger partial charge in [-0.1, -0.05) is 23.3 Å². The molecule has 0 atom stereocenters. The highest BCUT2D eigenvalue weighted by molar-refractivity contribution is 5.34. The second-order valence-electron chi connectivity index (χ2n) is 2.72. The topological polar surface area (TPSA) is 86.7 Å². The molecule has 0 unspecified atom stereocenters. The molecule has 0 aliphatic carbocycles. The summed E-state index contributed by atoms with van der Waals surface area (Å²) in [7, 11) is 0. The number of anilines is 1. The number of hydrogen-bond donors (Lipinski definition) is 3. The zero-order chi connectivity index (χ0) is 9.80. The van der Waals surface area contributed by atoms with Gasteiger partial charge in [-0.15, -0.1) is 5.10 Å². The number of tetrazole rings is 1. The van der Waals surface area contributed by atoms with Crippen molar-refractivity contribution in [1.29, 1.82) is 0 Å². The van der Waals surface area contributed by atoms with E-state index in [4.69, 9.17) is 0 Å². The van der Waals surface area contributed by atoms with Gasteiger partial charge in [0.2, 0.25) is 0 Å². The summed E-state index contributed by atoms with van der Waals surface area (Å²) in [4.78, 5) is 0. The highest BCUT2D eigenvalue weighted by Crippen LogP contribution is 2.15. The van der Waals surface area contributed by atoms with Crippen molar-refractivity contribution in [2.45, 2.75) is 6.54 Å². The lowest BCUT2D eigenvalue weighted by atomic mass is 10.2. The van der Waals surface area contributed by atoms with E-state index in [0.717, 1.165) is 5.56 Å². The molecule has 3 N–H and O–H groups in total. The predicted octanol–water partition coefficient (Wildman–Crippen LogP) is 0.517. The fourth-order valence-electron chi connectivity index (χ4n) is 1.07. The summed E-state index contributed by atoms with van der Waals surface area (Å²) in [5, 5.41) is 25.5. The molecule has 0 bridgehead atoms. The van der Waals surface area contributed by atoms with Crippen LogP contribution in [0, 0.1) is 0 Å². The summed E-state index contributed by atoms with van der Waals surface area (Å²) in [5.74, 6) is 0.664. The Morgan fingerprint density at radius 3 is 2.93 bits per heavy atom. The average molecular weight is 191 g/mol. The number of hydrogen-bond acceptors (Lipinski definition) is 5. The van der Waals surface area contributed by atoms with E-state index in [1.165, 1.54) is 0 Å². The third-order valence-corrected chi connectivity index (χ3v) is 1.77. The van der Waals surface area contributed by atoms with Crippen LogP contribution in [0.4, 0.5) is 5.95 Å². The molecule has 0 aliphatic heterocycles. The van der Waals surface area contributed by atoms with Gasteiger partial charge in [-0.2, -0.15) is 5.21 Å². The highest BCUT2D eigenvalue weighted by Gasteiger charge is 2.00. The molecule has 14 heavy (non-hydrogen) atoms. The van der Waals surface area contributed by atoms with Crippen LogP contribution in [-0.2, 0) is 6.54 Å². The molecule has 0 fully saturated rings. The van der Waals surface area contributed by atoms with Crippen molar-refractivity contribution in [2.24, 2.45) is 0 Å². The molecule has 1 heterocycles. The van der Waals surface area contributed by atoms with Gasteiger partial charge in [0.25, 0.3) is 5.95 Å². The maximum atomic E-state index is 9.43. The van der Waals surface area contributed by atoms with Crippen molar-refractivity contribution in [3.63, 3.8) is 0 Å². The standard InChI is InChI=1S/C8H9N5O/c14-7-4-2-1-3-6(7)5-9-8-10-12-13-11-8/h1-4,14H,5H2,(H2,9,10,11,12,13). The number of aromatic hydroxyl groups is 1. The Morgan fingerprint density at radius 1 is 1.36 bits per heavy atom. The summed E-state index contributed by atoms with van der Waals surface area (Å²) in [6, 6.07) is 7.08. The van der Waals surface area contributed by atoms with E-state index >= 15 is 0 Å². The molecule has 0 aliphatic rings. The molecule has 0 spiro atoms. The number of benzene rings is 1. The molecule has 0 saturated heterocycles. The average Bonchev–Trinajstić information content (AvgIpc) is 2.69. The van der Waals surface area contributed by atoms with Gasteiger partial charge < -0.3 is 10.4 Å². The van der Waals surface area contributed by atoms with Crippen LogP contribution >= 0.6 is 0 Å². The number of nitrogens with zero attached hydrogens (tertiary/aromatic N) is 3. The Morgan fingerprint density at radius 2 is 2.21 bits per heavy atom. The predicted molar refractivity (Wildman–Crippen MR) is 49.6 cm³/mol. The van der Waals surface area contributed by atoms with Crippen molar-refractivity contribution >= 4 is 5.95 Å². The molecule has 72 valence electrons. The van der Waals surface area contributed by atoms with Crippen molar-refractivity contribution in [3.05, 3.63) is 29.8 Å². The minimum Gasteiger partial charge on any atom is -0.508 e. The van der Waals surface area contributed by atoms with Gasteiger partial charge in [-0.25, -0.2) is 0 Å². The van der Waals surface area contributed by atoms with E-state index in [0.29, 0.717) is 12.5 Å². The molecule has 0 amide bonds. The van der Waals surface area contributed by atoms with Crippen molar-refractivity contribution in [2.75, 3.05) is 5.32 Å². The molecule has 1 aromatic carbocycles.